The number of carbonyl (C=O) groups excluding carboxylic acids is 1. The molecule has 0 saturated carbocycles. The zero-order valence-corrected chi connectivity index (χ0v) is 13.8. The van der Waals surface area contributed by atoms with Gasteiger partial charge in [0.1, 0.15) is 5.52 Å². The van der Waals surface area contributed by atoms with Crippen molar-refractivity contribution in [1.82, 2.24) is 19.4 Å². The number of hydrogen-bond donors (Lipinski definition) is 0. The lowest BCUT2D eigenvalue weighted by atomic mass is 10.2. The summed E-state index contributed by atoms with van der Waals surface area (Å²) in [5.41, 5.74) is 1.90. The SMILES string of the molecule is CCC1CN(C(=O)c2ccnc3c2ncn3C)CC(C)S1=O. The third-order valence-electron chi connectivity index (χ3n) is 4.20. The number of imidazole rings is 1. The van der Waals surface area contributed by atoms with Gasteiger partial charge >= 0.3 is 0 Å². The molecule has 118 valence electrons. The fraction of sp³-hybridized carbons (Fsp3) is 0.533. The highest BCUT2D eigenvalue weighted by molar-refractivity contribution is 7.86. The minimum Gasteiger partial charge on any atom is -0.336 e. The Morgan fingerprint density at radius 3 is 2.91 bits per heavy atom. The van der Waals surface area contributed by atoms with Gasteiger partial charge in [0.05, 0.1) is 17.1 Å². The lowest BCUT2D eigenvalue weighted by Crippen LogP contribution is -2.50. The van der Waals surface area contributed by atoms with Gasteiger partial charge in [-0.1, -0.05) is 6.92 Å². The van der Waals surface area contributed by atoms with Crippen LogP contribution in [0.25, 0.3) is 11.2 Å². The third-order valence-corrected chi connectivity index (χ3v) is 6.28. The predicted octanol–water partition coefficient (Wildman–Crippen LogP) is 1.34. The third kappa shape index (κ3) is 2.43. The molecule has 2 aromatic rings. The molecule has 22 heavy (non-hydrogen) atoms. The van der Waals surface area contributed by atoms with E-state index in [4.69, 9.17) is 0 Å². The van der Waals surface area contributed by atoms with E-state index in [1.807, 2.05) is 25.8 Å². The number of rotatable bonds is 2. The molecular weight excluding hydrogens is 300 g/mol. The van der Waals surface area contributed by atoms with E-state index in [9.17, 15) is 9.00 Å². The largest absolute Gasteiger partial charge is 0.336 e. The second-order valence-corrected chi connectivity index (χ2v) is 7.89. The fourth-order valence-electron chi connectivity index (χ4n) is 2.94. The van der Waals surface area contributed by atoms with Gasteiger partial charge in [-0.25, -0.2) is 9.97 Å². The maximum atomic E-state index is 12.9. The molecule has 0 spiro atoms. The monoisotopic (exact) mass is 320 g/mol. The number of nitrogens with zero attached hydrogens (tertiary/aromatic N) is 4. The summed E-state index contributed by atoms with van der Waals surface area (Å²) < 4.78 is 14.0. The van der Waals surface area contributed by atoms with Crippen LogP contribution in [-0.4, -0.2) is 53.1 Å². The first-order chi connectivity index (χ1) is 10.5. The molecule has 3 atom stereocenters. The van der Waals surface area contributed by atoms with Gasteiger partial charge in [-0.3, -0.25) is 9.00 Å². The van der Waals surface area contributed by atoms with Crippen LogP contribution in [0.5, 0.6) is 0 Å². The van der Waals surface area contributed by atoms with Crippen molar-refractivity contribution in [2.45, 2.75) is 30.8 Å². The van der Waals surface area contributed by atoms with Crippen LogP contribution in [0.3, 0.4) is 0 Å². The summed E-state index contributed by atoms with van der Waals surface area (Å²) in [4.78, 5) is 23.3. The molecule has 3 unspecified atom stereocenters. The average molecular weight is 320 g/mol. The van der Waals surface area contributed by atoms with Crippen molar-refractivity contribution < 1.29 is 9.00 Å². The molecule has 3 heterocycles. The summed E-state index contributed by atoms with van der Waals surface area (Å²) in [6, 6.07) is 1.72. The summed E-state index contributed by atoms with van der Waals surface area (Å²) in [5.74, 6) is -0.0481. The summed E-state index contributed by atoms with van der Waals surface area (Å²) in [6.45, 7) is 5.04. The molecule has 0 bridgehead atoms. The van der Waals surface area contributed by atoms with Crippen LogP contribution < -0.4 is 0 Å². The minimum atomic E-state index is -0.865. The van der Waals surface area contributed by atoms with Crippen LogP contribution in [0, 0.1) is 0 Å². The van der Waals surface area contributed by atoms with Crippen LogP contribution in [0.4, 0.5) is 0 Å². The van der Waals surface area contributed by atoms with Gasteiger partial charge in [-0.15, -0.1) is 0 Å². The number of aromatic nitrogens is 3. The number of amides is 1. The van der Waals surface area contributed by atoms with Crippen molar-refractivity contribution in [3.05, 3.63) is 24.2 Å². The van der Waals surface area contributed by atoms with Crippen molar-refractivity contribution >= 4 is 27.9 Å². The van der Waals surface area contributed by atoms with Crippen LogP contribution in [0.2, 0.25) is 0 Å². The molecule has 3 rings (SSSR count). The highest BCUT2D eigenvalue weighted by Crippen LogP contribution is 2.22. The molecule has 7 heteroatoms. The number of fused-ring (bicyclic) bond motifs is 1. The van der Waals surface area contributed by atoms with Gasteiger partial charge < -0.3 is 9.47 Å². The number of pyridine rings is 1. The highest BCUT2D eigenvalue weighted by Gasteiger charge is 2.33. The maximum Gasteiger partial charge on any atom is 0.256 e. The molecule has 2 aromatic heterocycles. The van der Waals surface area contributed by atoms with E-state index in [1.165, 1.54) is 0 Å². The van der Waals surface area contributed by atoms with E-state index in [0.29, 0.717) is 29.8 Å². The lowest BCUT2D eigenvalue weighted by Gasteiger charge is -2.35. The Morgan fingerprint density at radius 2 is 2.18 bits per heavy atom. The summed E-state index contributed by atoms with van der Waals surface area (Å²) in [5, 5.41) is 0.0532. The van der Waals surface area contributed by atoms with Gasteiger partial charge in [-0.05, 0) is 19.4 Å². The van der Waals surface area contributed by atoms with Crippen molar-refractivity contribution in [2.75, 3.05) is 13.1 Å². The summed E-state index contributed by atoms with van der Waals surface area (Å²) >= 11 is 0. The van der Waals surface area contributed by atoms with Gasteiger partial charge in [0, 0.05) is 42.4 Å². The minimum absolute atomic E-state index is 0.00344. The van der Waals surface area contributed by atoms with E-state index in [-0.39, 0.29) is 16.4 Å². The highest BCUT2D eigenvalue weighted by atomic mass is 32.2. The first kappa shape index (κ1) is 15.1. The normalized spacial score (nSPS) is 25.6. The molecule has 0 aliphatic carbocycles. The number of carbonyl (C=O) groups is 1. The first-order valence-corrected chi connectivity index (χ1v) is 8.75. The predicted molar refractivity (Wildman–Crippen MR) is 86.1 cm³/mol. The van der Waals surface area contributed by atoms with Gasteiger partial charge in [0.2, 0.25) is 0 Å². The van der Waals surface area contributed by atoms with Gasteiger partial charge in [0.25, 0.3) is 5.91 Å². The van der Waals surface area contributed by atoms with Gasteiger partial charge in [-0.2, -0.15) is 0 Å². The molecule has 0 radical (unpaired) electrons. The van der Waals surface area contributed by atoms with E-state index in [2.05, 4.69) is 9.97 Å². The van der Waals surface area contributed by atoms with E-state index < -0.39 is 10.8 Å². The molecule has 1 saturated heterocycles. The van der Waals surface area contributed by atoms with Crippen molar-refractivity contribution in [3.8, 4) is 0 Å². The molecule has 1 amide bonds. The molecule has 6 nitrogen and oxygen atoms in total. The zero-order chi connectivity index (χ0) is 15.9. The standard InChI is InChI=1S/C15H20N4O2S/c1-4-11-8-19(7-10(2)22(11)21)15(20)12-5-6-16-14-13(12)17-9-18(14)3/h5-6,9-11H,4,7-8H2,1-3H3. The molecule has 1 fully saturated rings. The Hall–Kier alpha value is -1.76. The Bertz CT molecular complexity index is 742. The number of hydrogen-bond acceptors (Lipinski definition) is 4. The van der Waals surface area contributed by atoms with Crippen LogP contribution in [0.15, 0.2) is 18.6 Å². The van der Waals surface area contributed by atoms with Crippen molar-refractivity contribution in [2.24, 2.45) is 7.05 Å². The second kappa shape index (κ2) is 5.79. The second-order valence-electron chi connectivity index (χ2n) is 5.77. The van der Waals surface area contributed by atoms with Crippen LogP contribution in [-0.2, 0) is 17.8 Å². The summed E-state index contributed by atoms with van der Waals surface area (Å²) in [7, 11) is 0.992. The van der Waals surface area contributed by atoms with Crippen molar-refractivity contribution in [1.29, 1.82) is 0 Å². The van der Waals surface area contributed by atoms with Crippen LogP contribution >= 0.6 is 0 Å². The Kier molecular flexibility index (Phi) is 3.99. The quantitative estimate of drug-likeness (QED) is 0.837. The van der Waals surface area contributed by atoms with E-state index in [0.717, 1.165) is 6.42 Å². The molecule has 0 aromatic carbocycles. The molecule has 0 N–H and O–H groups in total. The average Bonchev–Trinajstić information content (AvgIpc) is 2.91. The van der Waals surface area contributed by atoms with Crippen LogP contribution in [0.1, 0.15) is 30.6 Å². The summed E-state index contributed by atoms with van der Waals surface area (Å²) in [6.07, 6.45) is 4.12. The van der Waals surface area contributed by atoms with E-state index in [1.54, 1.807) is 23.2 Å². The lowest BCUT2D eigenvalue weighted by molar-refractivity contribution is 0.0750. The smallest absolute Gasteiger partial charge is 0.256 e. The van der Waals surface area contributed by atoms with Crippen molar-refractivity contribution in [3.63, 3.8) is 0 Å². The van der Waals surface area contributed by atoms with Gasteiger partial charge in [0.15, 0.2) is 5.65 Å². The Balaban J connectivity index is 1.94. The fourth-order valence-corrected chi connectivity index (χ4v) is 4.57. The molecular formula is C15H20N4O2S. The topological polar surface area (TPSA) is 68.1 Å². The maximum absolute atomic E-state index is 12.9. The Labute approximate surface area is 132 Å². The Morgan fingerprint density at radius 1 is 1.41 bits per heavy atom. The van der Waals surface area contributed by atoms with E-state index >= 15 is 0 Å². The number of aryl methyl sites for hydroxylation is 1. The zero-order valence-electron chi connectivity index (χ0n) is 13.0. The molecule has 1 aliphatic rings. The molecule has 1 aliphatic heterocycles. The first-order valence-electron chi connectivity index (χ1n) is 7.47.